The van der Waals surface area contributed by atoms with E-state index in [-0.39, 0.29) is 29.6 Å². The molecule has 4 heteroatoms. The van der Waals surface area contributed by atoms with Gasteiger partial charge in [0, 0.05) is 25.4 Å². The molecule has 2 rings (SSSR count). The molecule has 2 atom stereocenters. The van der Waals surface area contributed by atoms with Crippen molar-refractivity contribution in [2.45, 2.75) is 52.4 Å². The molecule has 1 aliphatic carbocycles. The fourth-order valence-corrected chi connectivity index (χ4v) is 3.62. The molecule has 1 saturated carbocycles. The first-order valence-corrected chi connectivity index (χ1v) is 7.41. The summed E-state index contributed by atoms with van der Waals surface area (Å²) in [5.74, 6) is -0.215. The fourth-order valence-electron chi connectivity index (χ4n) is 3.62. The van der Waals surface area contributed by atoms with Crippen molar-refractivity contribution in [1.29, 1.82) is 0 Å². The van der Waals surface area contributed by atoms with Crippen molar-refractivity contribution in [2.75, 3.05) is 13.1 Å². The van der Waals surface area contributed by atoms with Gasteiger partial charge in [0.25, 0.3) is 0 Å². The summed E-state index contributed by atoms with van der Waals surface area (Å²) >= 11 is 0. The lowest BCUT2D eigenvalue weighted by Crippen LogP contribution is -2.42. The zero-order valence-corrected chi connectivity index (χ0v) is 12.0. The number of rotatable bonds is 3. The first-order chi connectivity index (χ1) is 8.90. The van der Waals surface area contributed by atoms with Crippen LogP contribution in [0.4, 0.5) is 0 Å². The Labute approximate surface area is 115 Å². The van der Waals surface area contributed by atoms with E-state index in [0.717, 1.165) is 32.2 Å². The van der Waals surface area contributed by atoms with E-state index in [1.165, 1.54) is 6.42 Å². The molecule has 1 saturated heterocycles. The number of aliphatic carboxylic acids is 1. The van der Waals surface area contributed by atoms with Gasteiger partial charge in [0.1, 0.15) is 0 Å². The molecule has 2 aliphatic rings. The quantitative estimate of drug-likeness (QED) is 0.855. The third kappa shape index (κ3) is 3.28. The molecular weight excluding hydrogens is 242 g/mol. The second kappa shape index (κ2) is 5.51. The van der Waals surface area contributed by atoms with Crippen LogP contribution in [-0.4, -0.2) is 35.0 Å². The Morgan fingerprint density at radius 3 is 2.63 bits per heavy atom. The van der Waals surface area contributed by atoms with Gasteiger partial charge in [0.2, 0.25) is 5.91 Å². The maximum Gasteiger partial charge on any atom is 0.303 e. The van der Waals surface area contributed by atoms with Gasteiger partial charge in [-0.15, -0.1) is 0 Å². The van der Waals surface area contributed by atoms with Gasteiger partial charge >= 0.3 is 5.97 Å². The van der Waals surface area contributed by atoms with Crippen molar-refractivity contribution in [3.05, 3.63) is 0 Å². The molecule has 0 aromatic carbocycles. The van der Waals surface area contributed by atoms with Crippen LogP contribution in [0.15, 0.2) is 0 Å². The third-order valence-corrected chi connectivity index (χ3v) is 4.87. The van der Waals surface area contributed by atoms with Gasteiger partial charge in [-0.2, -0.15) is 0 Å². The third-order valence-electron chi connectivity index (χ3n) is 4.87. The molecule has 0 radical (unpaired) electrons. The maximum atomic E-state index is 12.6. The predicted octanol–water partition coefficient (Wildman–Crippen LogP) is 2.53. The second-order valence-electron chi connectivity index (χ2n) is 6.82. The van der Waals surface area contributed by atoms with E-state index in [0.29, 0.717) is 6.54 Å². The van der Waals surface area contributed by atoms with Gasteiger partial charge in [-0.1, -0.05) is 26.7 Å². The van der Waals surface area contributed by atoms with Gasteiger partial charge in [-0.25, -0.2) is 0 Å². The highest BCUT2D eigenvalue weighted by Gasteiger charge is 2.40. The molecular formula is C15H25NO3. The van der Waals surface area contributed by atoms with Crippen LogP contribution in [-0.2, 0) is 9.59 Å². The molecule has 2 unspecified atom stereocenters. The Balaban J connectivity index is 1.95. The van der Waals surface area contributed by atoms with Gasteiger partial charge < -0.3 is 10.0 Å². The average Bonchev–Trinajstić information content (AvgIpc) is 2.75. The predicted molar refractivity (Wildman–Crippen MR) is 72.7 cm³/mol. The standard InChI is InChI=1S/C15H25NO3/c1-15(2)7-4-3-5-12(15)14(19)16-8-6-11(10-16)9-13(17)18/h11-12H,3-10H2,1-2H3,(H,17,18). The summed E-state index contributed by atoms with van der Waals surface area (Å²) in [5.41, 5.74) is 0.0974. The van der Waals surface area contributed by atoms with Crippen molar-refractivity contribution in [1.82, 2.24) is 4.90 Å². The van der Waals surface area contributed by atoms with Crippen molar-refractivity contribution in [3.63, 3.8) is 0 Å². The van der Waals surface area contributed by atoms with Crippen LogP contribution >= 0.6 is 0 Å². The summed E-state index contributed by atoms with van der Waals surface area (Å²) in [6, 6.07) is 0. The first-order valence-electron chi connectivity index (χ1n) is 7.41. The molecule has 2 fully saturated rings. The summed E-state index contributed by atoms with van der Waals surface area (Å²) in [6.07, 6.45) is 5.51. The number of amides is 1. The number of hydrogen-bond acceptors (Lipinski definition) is 2. The zero-order chi connectivity index (χ0) is 14.0. The summed E-state index contributed by atoms with van der Waals surface area (Å²) in [7, 11) is 0. The van der Waals surface area contributed by atoms with E-state index in [1.807, 2.05) is 4.90 Å². The Bertz CT molecular complexity index is 364. The van der Waals surface area contributed by atoms with Crippen molar-refractivity contribution >= 4 is 11.9 Å². The first kappa shape index (κ1) is 14.4. The van der Waals surface area contributed by atoms with Crippen LogP contribution in [0.25, 0.3) is 0 Å². The maximum absolute atomic E-state index is 12.6. The van der Waals surface area contributed by atoms with Crippen LogP contribution in [0.2, 0.25) is 0 Å². The topological polar surface area (TPSA) is 57.6 Å². The van der Waals surface area contributed by atoms with Crippen molar-refractivity contribution < 1.29 is 14.7 Å². The fraction of sp³-hybridized carbons (Fsp3) is 0.867. The van der Waals surface area contributed by atoms with Crippen LogP contribution < -0.4 is 0 Å². The number of nitrogens with zero attached hydrogens (tertiary/aromatic N) is 1. The van der Waals surface area contributed by atoms with E-state index in [9.17, 15) is 9.59 Å². The molecule has 0 aromatic heterocycles. The minimum absolute atomic E-state index is 0.0974. The number of hydrogen-bond donors (Lipinski definition) is 1. The average molecular weight is 267 g/mol. The molecule has 0 aromatic rings. The van der Waals surface area contributed by atoms with E-state index in [2.05, 4.69) is 13.8 Å². The Morgan fingerprint density at radius 1 is 1.26 bits per heavy atom. The van der Waals surface area contributed by atoms with Crippen molar-refractivity contribution in [2.24, 2.45) is 17.3 Å². The molecule has 0 spiro atoms. The van der Waals surface area contributed by atoms with E-state index in [4.69, 9.17) is 5.11 Å². The number of carboxylic acid groups (broad SMARTS) is 1. The summed E-state index contributed by atoms with van der Waals surface area (Å²) in [4.78, 5) is 25.3. The molecule has 1 N–H and O–H groups in total. The molecule has 4 nitrogen and oxygen atoms in total. The molecule has 108 valence electrons. The highest BCUT2D eigenvalue weighted by molar-refractivity contribution is 5.80. The highest BCUT2D eigenvalue weighted by atomic mass is 16.4. The molecule has 0 bridgehead atoms. The smallest absolute Gasteiger partial charge is 0.303 e. The van der Waals surface area contributed by atoms with Gasteiger partial charge in [-0.05, 0) is 30.6 Å². The lowest BCUT2D eigenvalue weighted by molar-refractivity contribution is -0.141. The summed E-state index contributed by atoms with van der Waals surface area (Å²) in [5, 5.41) is 8.83. The minimum Gasteiger partial charge on any atom is -0.481 e. The number of carbonyl (C=O) groups is 2. The van der Waals surface area contributed by atoms with Gasteiger partial charge in [-0.3, -0.25) is 9.59 Å². The zero-order valence-electron chi connectivity index (χ0n) is 12.0. The van der Waals surface area contributed by atoms with Crippen LogP contribution in [0.5, 0.6) is 0 Å². The Morgan fingerprint density at radius 2 is 2.00 bits per heavy atom. The number of likely N-dealkylation sites (tertiary alicyclic amines) is 1. The molecule has 1 heterocycles. The van der Waals surface area contributed by atoms with Crippen LogP contribution in [0.3, 0.4) is 0 Å². The lowest BCUT2D eigenvalue weighted by atomic mass is 9.68. The monoisotopic (exact) mass is 267 g/mol. The van der Waals surface area contributed by atoms with E-state index < -0.39 is 5.97 Å². The van der Waals surface area contributed by atoms with Crippen LogP contribution in [0, 0.1) is 17.3 Å². The Kier molecular flexibility index (Phi) is 4.16. The summed E-state index contributed by atoms with van der Waals surface area (Å²) in [6.45, 7) is 5.76. The lowest BCUT2D eigenvalue weighted by Gasteiger charge is -2.39. The summed E-state index contributed by atoms with van der Waals surface area (Å²) < 4.78 is 0. The second-order valence-corrected chi connectivity index (χ2v) is 6.82. The molecule has 19 heavy (non-hydrogen) atoms. The SMILES string of the molecule is CC1(C)CCCCC1C(=O)N1CCC(CC(=O)O)C1. The minimum atomic E-state index is -0.753. The van der Waals surface area contributed by atoms with Crippen LogP contribution in [0.1, 0.15) is 52.4 Å². The van der Waals surface area contributed by atoms with Gasteiger partial charge in [0.15, 0.2) is 0 Å². The van der Waals surface area contributed by atoms with E-state index >= 15 is 0 Å². The highest BCUT2D eigenvalue weighted by Crippen LogP contribution is 2.42. The largest absolute Gasteiger partial charge is 0.481 e. The Hall–Kier alpha value is -1.06. The molecule has 1 aliphatic heterocycles. The number of carboxylic acids is 1. The molecule has 1 amide bonds. The normalized spacial score (nSPS) is 30.3. The van der Waals surface area contributed by atoms with Gasteiger partial charge in [0.05, 0.1) is 0 Å². The van der Waals surface area contributed by atoms with Crippen molar-refractivity contribution in [3.8, 4) is 0 Å². The number of carbonyl (C=O) groups excluding carboxylic acids is 1. The van der Waals surface area contributed by atoms with E-state index in [1.54, 1.807) is 0 Å².